The van der Waals surface area contributed by atoms with Crippen molar-refractivity contribution in [1.29, 1.82) is 0 Å². The Morgan fingerprint density at radius 1 is 0.938 bits per heavy atom. The Balaban J connectivity index is 1.65. The van der Waals surface area contributed by atoms with Gasteiger partial charge >= 0.3 is 0 Å². The first-order valence-corrected chi connectivity index (χ1v) is 11.5. The van der Waals surface area contributed by atoms with E-state index >= 15 is 0 Å². The van der Waals surface area contributed by atoms with Crippen LogP contribution in [0.25, 0.3) is 16.4 Å². The van der Waals surface area contributed by atoms with Gasteiger partial charge in [-0.3, -0.25) is 9.36 Å². The maximum Gasteiger partial charge on any atom is 0.196 e. The van der Waals surface area contributed by atoms with Crippen molar-refractivity contribution in [2.24, 2.45) is 0 Å². The van der Waals surface area contributed by atoms with Gasteiger partial charge in [0.2, 0.25) is 0 Å². The Hall–Kier alpha value is -3.30. The summed E-state index contributed by atoms with van der Waals surface area (Å²) in [6.07, 6.45) is 0. The number of ether oxygens (including phenoxy) is 3. The van der Waals surface area contributed by atoms with E-state index in [2.05, 4.69) is 10.2 Å². The number of thiophene rings is 1. The number of benzene rings is 2. The fraction of sp³-hybridized carbons (Fsp3) is 0.174. The molecular formula is C23H21N3O4S2. The van der Waals surface area contributed by atoms with Gasteiger partial charge in [-0.25, -0.2) is 0 Å². The third-order valence-electron chi connectivity index (χ3n) is 4.74. The number of carbonyl (C=O) groups is 1. The quantitative estimate of drug-likeness (QED) is 0.253. The molecule has 0 radical (unpaired) electrons. The molecule has 0 atom stereocenters. The standard InChI is InChI=1S/C23H21N3O4S2/c1-28-18-8-5-4-7-16(18)26-22(21-9-6-12-31-21)24-25-23(26)32-14-17(27)15-10-11-19(29-2)20(13-15)30-3/h4-13H,14H2,1-3H3. The summed E-state index contributed by atoms with van der Waals surface area (Å²) >= 11 is 2.90. The molecule has 0 aliphatic rings. The molecule has 0 unspecified atom stereocenters. The number of nitrogens with zero attached hydrogens (tertiary/aromatic N) is 3. The summed E-state index contributed by atoms with van der Waals surface area (Å²) in [6.45, 7) is 0. The molecule has 0 saturated carbocycles. The first-order chi connectivity index (χ1) is 15.7. The van der Waals surface area contributed by atoms with Gasteiger partial charge < -0.3 is 14.2 Å². The summed E-state index contributed by atoms with van der Waals surface area (Å²) in [5.41, 5.74) is 1.35. The van der Waals surface area contributed by atoms with Crippen LogP contribution in [0.1, 0.15) is 10.4 Å². The van der Waals surface area contributed by atoms with Gasteiger partial charge in [0.1, 0.15) is 5.75 Å². The number of hydrogen-bond acceptors (Lipinski definition) is 8. The van der Waals surface area contributed by atoms with E-state index in [1.165, 1.54) is 11.8 Å². The van der Waals surface area contributed by atoms with Crippen LogP contribution in [-0.4, -0.2) is 47.6 Å². The lowest BCUT2D eigenvalue weighted by molar-refractivity contribution is 0.102. The fourth-order valence-electron chi connectivity index (χ4n) is 3.18. The topological polar surface area (TPSA) is 75.5 Å². The number of Topliss-reactive ketones (excluding diaryl/α,β-unsaturated/α-hetero) is 1. The van der Waals surface area contributed by atoms with Crippen LogP contribution in [0.15, 0.2) is 65.1 Å². The first-order valence-electron chi connectivity index (χ1n) is 9.67. The zero-order valence-corrected chi connectivity index (χ0v) is 19.4. The molecular weight excluding hydrogens is 446 g/mol. The molecule has 0 aliphatic heterocycles. The van der Waals surface area contributed by atoms with Crippen LogP contribution < -0.4 is 14.2 Å². The van der Waals surface area contributed by atoms with Crippen LogP contribution in [0.4, 0.5) is 0 Å². The van der Waals surface area contributed by atoms with Crippen LogP contribution in [0.2, 0.25) is 0 Å². The Morgan fingerprint density at radius 3 is 2.44 bits per heavy atom. The number of methoxy groups -OCH3 is 3. The Bertz CT molecular complexity index is 1220. The van der Waals surface area contributed by atoms with Crippen molar-refractivity contribution in [3.8, 4) is 33.6 Å². The maximum absolute atomic E-state index is 12.9. The van der Waals surface area contributed by atoms with Crippen LogP contribution in [0.5, 0.6) is 17.2 Å². The number of aromatic nitrogens is 3. The minimum Gasteiger partial charge on any atom is -0.495 e. The minimum atomic E-state index is -0.0526. The second-order valence-corrected chi connectivity index (χ2v) is 8.46. The van der Waals surface area contributed by atoms with E-state index in [9.17, 15) is 4.79 Å². The Labute approximate surface area is 194 Å². The lowest BCUT2D eigenvalue weighted by atomic mass is 10.1. The van der Waals surface area contributed by atoms with Crippen molar-refractivity contribution in [3.05, 3.63) is 65.5 Å². The fourth-order valence-corrected chi connectivity index (χ4v) is 4.72. The third-order valence-corrected chi connectivity index (χ3v) is 6.53. The summed E-state index contributed by atoms with van der Waals surface area (Å²) < 4.78 is 18.1. The van der Waals surface area contributed by atoms with E-state index in [1.54, 1.807) is 50.9 Å². The van der Waals surface area contributed by atoms with Crippen molar-refractivity contribution >= 4 is 28.9 Å². The molecule has 0 bridgehead atoms. The van der Waals surface area contributed by atoms with Crippen molar-refractivity contribution in [2.45, 2.75) is 5.16 Å². The molecule has 2 aromatic heterocycles. The van der Waals surface area contributed by atoms with Crippen molar-refractivity contribution in [3.63, 3.8) is 0 Å². The summed E-state index contributed by atoms with van der Waals surface area (Å²) in [7, 11) is 4.73. The lowest BCUT2D eigenvalue weighted by Crippen LogP contribution is -2.06. The third kappa shape index (κ3) is 4.35. The van der Waals surface area contributed by atoms with Gasteiger partial charge in [0.05, 0.1) is 37.6 Å². The monoisotopic (exact) mass is 467 g/mol. The van der Waals surface area contributed by atoms with Gasteiger partial charge in [0.15, 0.2) is 28.3 Å². The van der Waals surface area contributed by atoms with Gasteiger partial charge in [0, 0.05) is 5.56 Å². The number of para-hydroxylation sites is 2. The largest absolute Gasteiger partial charge is 0.495 e. The average Bonchev–Trinajstić information content (AvgIpc) is 3.51. The van der Waals surface area contributed by atoms with Crippen LogP contribution in [-0.2, 0) is 0 Å². The molecule has 7 nitrogen and oxygen atoms in total. The minimum absolute atomic E-state index is 0.0526. The predicted octanol–water partition coefficient (Wildman–Crippen LogP) is 5.00. The number of hydrogen-bond donors (Lipinski definition) is 0. The maximum atomic E-state index is 12.9. The number of ketones is 1. The van der Waals surface area contributed by atoms with Crippen LogP contribution >= 0.6 is 23.1 Å². The van der Waals surface area contributed by atoms with Crippen molar-refractivity contribution in [2.75, 3.05) is 27.1 Å². The Morgan fingerprint density at radius 2 is 1.72 bits per heavy atom. The smallest absolute Gasteiger partial charge is 0.196 e. The molecule has 0 fully saturated rings. The molecule has 0 saturated heterocycles. The SMILES string of the molecule is COc1ccc(C(=O)CSc2nnc(-c3cccs3)n2-c2ccccc2OC)cc1OC. The highest BCUT2D eigenvalue weighted by molar-refractivity contribution is 7.99. The van der Waals surface area contributed by atoms with Crippen LogP contribution in [0, 0.1) is 0 Å². The van der Waals surface area contributed by atoms with Crippen LogP contribution in [0.3, 0.4) is 0 Å². The zero-order chi connectivity index (χ0) is 22.5. The number of rotatable bonds is 9. The van der Waals surface area contributed by atoms with E-state index in [1.807, 2.05) is 46.3 Å². The molecule has 32 heavy (non-hydrogen) atoms. The molecule has 0 spiro atoms. The summed E-state index contributed by atoms with van der Waals surface area (Å²) in [5, 5.41) is 11.4. The molecule has 2 heterocycles. The molecule has 2 aromatic carbocycles. The average molecular weight is 468 g/mol. The van der Waals surface area contributed by atoms with E-state index in [0.717, 1.165) is 10.6 Å². The van der Waals surface area contributed by atoms with E-state index < -0.39 is 0 Å². The summed E-state index contributed by atoms with van der Waals surface area (Å²) in [5.74, 6) is 2.62. The zero-order valence-electron chi connectivity index (χ0n) is 17.8. The molecule has 0 N–H and O–H groups in total. The highest BCUT2D eigenvalue weighted by Crippen LogP contribution is 2.34. The van der Waals surface area contributed by atoms with E-state index in [4.69, 9.17) is 14.2 Å². The Kier molecular flexibility index (Phi) is 6.77. The number of thioether (sulfide) groups is 1. The van der Waals surface area contributed by atoms with Gasteiger partial charge in [-0.1, -0.05) is 30.0 Å². The van der Waals surface area contributed by atoms with E-state index in [-0.39, 0.29) is 11.5 Å². The molecule has 0 aliphatic carbocycles. The van der Waals surface area contributed by atoms with Crippen molar-refractivity contribution < 1.29 is 19.0 Å². The summed E-state index contributed by atoms with van der Waals surface area (Å²) in [6, 6.07) is 16.8. The molecule has 0 amide bonds. The van der Waals surface area contributed by atoms with E-state index in [0.29, 0.717) is 33.8 Å². The van der Waals surface area contributed by atoms with Gasteiger partial charge in [-0.15, -0.1) is 21.5 Å². The normalized spacial score (nSPS) is 10.7. The first kappa shape index (κ1) is 21.9. The highest BCUT2D eigenvalue weighted by Gasteiger charge is 2.21. The second-order valence-electron chi connectivity index (χ2n) is 6.57. The number of carbonyl (C=O) groups excluding carboxylic acids is 1. The molecule has 164 valence electrons. The van der Waals surface area contributed by atoms with Crippen molar-refractivity contribution in [1.82, 2.24) is 14.8 Å². The predicted molar refractivity (Wildman–Crippen MR) is 126 cm³/mol. The lowest BCUT2D eigenvalue weighted by Gasteiger charge is -2.13. The van der Waals surface area contributed by atoms with Gasteiger partial charge in [-0.05, 0) is 41.8 Å². The molecule has 4 rings (SSSR count). The summed E-state index contributed by atoms with van der Waals surface area (Å²) in [4.78, 5) is 13.9. The molecule has 4 aromatic rings. The highest BCUT2D eigenvalue weighted by atomic mass is 32.2. The van der Waals surface area contributed by atoms with Gasteiger partial charge in [-0.2, -0.15) is 0 Å². The van der Waals surface area contributed by atoms with Gasteiger partial charge in [0.25, 0.3) is 0 Å². The molecule has 9 heteroatoms. The second kappa shape index (κ2) is 9.88.